The summed E-state index contributed by atoms with van der Waals surface area (Å²) in [5.74, 6) is 1.60. The van der Waals surface area contributed by atoms with E-state index in [1.165, 1.54) is 0 Å². The fourth-order valence-corrected chi connectivity index (χ4v) is 3.29. The zero-order valence-electron chi connectivity index (χ0n) is 14.9. The third kappa shape index (κ3) is 2.48. The minimum absolute atomic E-state index is 0.379. The zero-order valence-corrected chi connectivity index (χ0v) is 14.9. The monoisotopic (exact) mass is 380 g/mol. The van der Waals surface area contributed by atoms with Crippen molar-refractivity contribution in [1.82, 2.24) is 40.1 Å². The lowest BCUT2D eigenvalue weighted by molar-refractivity contribution is 0.432. The molecule has 0 amide bonds. The maximum atomic E-state index is 5.46. The molecule has 0 radical (unpaired) electrons. The van der Waals surface area contributed by atoms with Crippen LogP contribution < -0.4 is 0 Å². The number of imidazole rings is 1. The van der Waals surface area contributed by atoms with Crippen molar-refractivity contribution >= 4 is 22.1 Å². The number of hydrogen-bond acceptors (Lipinski definition) is 7. The lowest BCUT2D eigenvalue weighted by Gasteiger charge is -2.03. The van der Waals surface area contributed by atoms with Crippen molar-refractivity contribution in [2.45, 2.75) is 0 Å². The van der Waals surface area contributed by atoms with E-state index in [2.05, 4.69) is 35.5 Å². The van der Waals surface area contributed by atoms with Gasteiger partial charge in [-0.15, -0.1) is 0 Å². The standard InChI is InChI=1S/C20H12N8O/c1-2-7-16-14(5-1)22-11-28(16)17-9-8-12(10-21-17)19-23-20(29-26-19)13-4-3-6-15-18(13)25-27-24-15/h1-11H,(H,24,25,27). The summed E-state index contributed by atoms with van der Waals surface area (Å²) in [6.45, 7) is 0. The van der Waals surface area contributed by atoms with E-state index >= 15 is 0 Å². The van der Waals surface area contributed by atoms with Gasteiger partial charge in [0.1, 0.15) is 23.2 Å². The maximum absolute atomic E-state index is 5.46. The molecule has 0 fully saturated rings. The average molecular weight is 380 g/mol. The second-order valence-electron chi connectivity index (χ2n) is 6.43. The molecule has 0 saturated carbocycles. The molecule has 6 rings (SSSR count). The lowest BCUT2D eigenvalue weighted by Crippen LogP contribution is -1.95. The second kappa shape index (κ2) is 6.06. The van der Waals surface area contributed by atoms with Gasteiger partial charge in [-0.25, -0.2) is 9.97 Å². The Kier molecular flexibility index (Phi) is 3.27. The van der Waals surface area contributed by atoms with Crippen LogP contribution in [-0.4, -0.2) is 40.1 Å². The van der Waals surface area contributed by atoms with E-state index in [1.807, 2.05) is 59.2 Å². The van der Waals surface area contributed by atoms with Crippen molar-refractivity contribution < 1.29 is 4.52 Å². The molecule has 1 N–H and O–H groups in total. The van der Waals surface area contributed by atoms with Crippen LogP contribution in [0.15, 0.2) is 71.6 Å². The molecular weight excluding hydrogens is 368 g/mol. The molecule has 4 heterocycles. The molecule has 0 aliphatic heterocycles. The molecule has 2 aromatic carbocycles. The third-order valence-electron chi connectivity index (χ3n) is 4.71. The summed E-state index contributed by atoms with van der Waals surface area (Å²) >= 11 is 0. The van der Waals surface area contributed by atoms with Crippen molar-refractivity contribution in [3.05, 3.63) is 67.1 Å². The van der Waals surface area contributed by atoms with Crippen LogP contribution in [0.2, 0.25) is 0 Å². The lowest BCUT2D eigenvalue weighted by atomic mass is 10.2. The number of pyridine rings is 1. The van der Waals surface area contributed by atoms with Crippen LogP contribution in [-0.2, 0) is 0 Å². The van der Waals surface area contributed by atoms with Crippen LogP contribution in [0.1, 0.15) is 0 Å². The maximum Gasteiger partial charge on any atom is 0.260 e. The van der Waals surface area contributed by atoms with Crippen molar-refractivity contribution in [3.8, 4) is 28.7 Å². The number of H-pyrrole nitrogens is 1. The van der Waals surface area contributed by atoms with Crippen LogP contribution in [0.3, 0.4) is 0 Å². The van der Waals surface area contributed by atoms with Gasteiger partial charge in [0.15, 0.2) is 0 Å². The summed E-state index contributed by atoms with van der Waals surface area (Å²) in [6, 6.07) is 17.3. The van der Waals surface area contributed by atoms with E-state index in [-0.39, 0.29) is 0 Å². The summed E-state index contributed by atoms with van der Waals surface area (Å²) in [6.07, 6.45) is 3.48. The Labute approximate surface area is 163 Å². The highest BCUT2D eigenvalue weighted by Gasteiger charge is 2.15. The van der Waals surface area contributed by atoms with Crippen LogP contribution in [0, 0.1) is 0 Å². The highest BCUT2D eigenvalue weighted by molar-refractivity contribution is 5.88. The molecule has 0 bridgehead atoms. The van der Waals surface area contributed by atoms with Gasteiger partial charge in [-0.1, -0.05) is 23.4 Å². The summed E-state index contributed by atoms with van der Waals surface area (Å²) in [5, 5.41) is 14.9. The van der Waals surface area contributed by atoms with E-state index in [0.717, 1.165) is 33.5 Å². The van der Waals surface area contributed by atoms with Crippen LogP contribution in [0.4, 0.5) is 0 Å². The molecule has 9 heteroatoms. The number of benzene rings is 2. The molecule has 0 aliphatic carbocycles. The molecule has 9 nitrogen and oxygen atoms in total. The first-order valence-electron chi connectivity index (χ1n) is 8.89. The van der Waals surface area contributed by atoms with Gasteiger partial charge in [0.05, 0.1) is 16.6 Å². The number of rotatable bonds is 3. The quantitative estimate of drug-likeness (QED) is 0.501. The topological polar surface area (TPSA) is 111 Å². The molecule has 138 valence electrons. The molecule has 6 aromatic rings. The summed E-state index contributed by atoms with van der Waals surface area (Å²) in [4.78, 5) is 13.5. The van der Waals surface area contributed by atoms with Gasteiger partial charge in [-0.3, -0.25) is 4.57 Å². The Morgan fingerprint density at radius 3 is 2.72 bits per heavy atom. The van der Waals surface area contributed by atoms with Crippen LogP contribution in [0.25, 0.3) is 50.7 Å². The van der Waals surface area contributed by atoms with Crippen molar-refractivity contribution in [3.63, 3.8) is 0 Å². The van der Waals surface area contributed by atoms with E-state index in [0.29, 0.717) is 17.2 Å². The molecule has 0 spiro atoms. The van der Waals surface area contributed by atoms with Gasteiger partial charge in [0, 0.05) is 11.8 Å². The first-order valence-corrected chi connectivity index (χ1v) is 8.89. The number of nitrogens with zero attached hydrogens (tertiary/aromatic N) is 7. The zero-order chi connectivity index (χ0) is 19.2. The van der Waals surface area contributed by atoms with Crippen molar-refractivity contribution in [1.29, 1.82) is 0 Å². The Morgan fingerprint density at radius 1 is 0.862 bits per heavy atom. The predicted octanol–water partition coefficient (Wildman–Crippen LogP) is 3.41. The molecule has 4 aromatic heterocycles. The first-order chi connectivity index (χ1) is 14.4. The third-order valence-corrected chi connectivity index (χ3v) is 4.71. The average Bonchev–Trinajstić information content (AvgIpc) is 3.52. The Morgan fingerprint density at radius 2 is 1.79 bits per heavy atom. The molecule has 29 heavy (non-hydrogen) atoms. The number of aromatic nitrogens is 8. The summed E-state index contributed by atoms with van der Waals surface area (Å²) in [7, 11) is 0. The predicted molar refractivity (Wildman–Crippen MR) is 105 cm³/mol. The van der Waals surface area contributed by atoms with E-state index < -0.39 is 0 Å². The number of aromatic amines is 1. The Hall–Kier alpha value is -4.40. The van der Waals surface area contributed by atoms with Crippen molar-refractivity contribution in [2.75, 3.05) is 0 Å². The van der Waals surface area contributed by atoms with Gasteiger partial charge in [-0.05, 0) is 36.4 Å². The fraction of sp³-hybridized carbons (Fsp3) is 0. The highest BCUT2D eigenvalue weighted by atomic mass is 16.5. The van der Waals surface area contributed by atoms with Crippen molar-refractivity contribution in [2.24, 2.45) is 0 Å². The molecule has 0 aliphatic rings. The first kappa shape index (κ1) is 15.6. The van der Waals surface area contributed by atoms with Gasteiger partial charge in [-0.2, -0.15) is 20.4 Å². The Bertz CT molecular complexity index is 1460. The van der Waals surface area contributed by atoms with Gasteiger partial charge in [0.2, 0.25) is 5.82 Å². The molecule has 0 unspecified atom stereocenters. The SMILES string of the molecule is c1cc(-c2nc(-c3ccc(-n4cnc5ccccc54)nc3)no2)c2n[nH]nc2c1. The summed E-state index contributed by atoms with van der Waals surface area (Å²) in [5.41, 5.74) is 4.81. The van der Waals surface area contributed by atoms with Crippen LogP contribution in [0.5, 0.6) is 0 Å². The molecular formula is C20H12N8O. The molecule has 0 saturated heterocycles. The smallest absolute Gasteiger partial charge is 0.260 e. The number of hydrogen-bond donors (Lipinski definition) is 1. The normalized spacial score (nSPS) is 11.4. The van der Waals surface area contributed by atoms with Crippen LogP contribution >= 0.6 is 0 Å². The van der Waals surface area contributed by atoms with Gasteiger partial charge < -0.3 is 4.52 Å². The number of fused-ring (bicyclic) bond motifs is 2. The number of para-hydroxylation sites is 3. The summed E-state index contributed by atoms with van der Waals surface area (Å²) < 4.78 is 7.39. The number of nitrogens with one attached hydrogen (secondary N) is 1. The second-order valence-corrected chi connectivity index (χ2v) is 6.43. The fourth-order valence-electron chi connectivity index (χ4n) is 3.29. The van der Waals surface area contributed by atoms with E-state index in [1.54, 1.807) is 12.5 Å². The van der Waals surface area contributed by atoms with Gasteiger partial charge in [0.25, 0.3) is 5.89 Å². The molecule has 0 atom stereocenters. The Balaban J connectivity index is 1.36. The van der Waals surface area contributed by atoms with Gasteiger partial charge >= 0.3 is 0 Å². The van der Waals surface area contributed by atoms with E-state index in [9.17, 15) is 0 Å². The minimum Gasteiger partial charge on any atom is -0.334 e. The minimum atomic E-state index is 0.379. The largest absolute Gasteiger partial charge is 0.334 e. The van der Waals surface area contributed by atoms with E-state index in [4.69, 9.17) is 4.52 Å². The highest BCUT2D eigenvalue weighted by Crippen LogP contribution is 2.27.